The van der Waals surface area contributed by atoms with Crippen molar-refractivity contribution < 1.29 is 33.7 Å². The van der Waals surface area contributed by atoms with Gasteiger partial charge < -0.3 is 34.4 Å². The second kappa shape index (κ2) is 10.0. The summed E-state index contributed by atoms with van der Waals surface area (Å²) in [6.07, 6.45) is -1.51. The van der Waals surface area contributed by atoms with Crippen LogP contribution in [0.1, 0.15) is 36.8 Å². The molecule has 0 aliphatic carbocycles. The number of nitrogens with zero attached hydrogens (tertiary/aromatic N) is 2. The van der Waals surface area contributed by atoms with E-state index in [1.165, 1.54) is 11.8 Å². The van der Waals surface area contributed by atoms with E-state index in [-0.39, 0.29) is 17.2 Å². The van der Waals surface area contributed by atoms with Gasteiger partial charge in [-0.15, -0.1) is 0 Å². The molecule has 42 heavy (non-hydrogen) atoms. The third-order valence-electron chi connectivity index (χ3n) is 8.29. The zero-order valence-electron chi connectivity index (χ0n) is 23.1. The minimum Gasteiger partial charge on any atom is -0.424 e. The molecule has 10 nitrogen and oxygen atoms in total. The summed E-state index contributed by atoms with van der Waals surface area (Å²) in [5.74, 6) is -3.10. The summed E-state index contributed by atoms with van der Waals surface area (Å²) in [4.78, 5) is 45.6. The number of carbonyl (C=O) groups excluding carboxylic acids is 3. The van der Waals surface area contributed by atoms with Gasteiger partial charge in [0.2, 0.25) is 0 Å². The highest BCUT2D eigenvalue weighted by atomic mass is 32.2. The maximum atomic E-state index is 13.4. The highest BCUT2D eigenvalue weighted by molar-refractivity contribution is 7.99. The number of nitrogens with one attached hydrogen (secondary N) is 1. The van der Waals surface area contributed by atoms with E-state index in [9.17, 15) is 19.5 Å². The third kappa shape index (κ3) is 4.48. The van der Waals surface area contributed by atoms with E-state index < -0.39 is 42.3 Å². The van der Waals surface area contributed by atoms with E-state index >= 15 is 0 Å². The molecule has 0 amide bonds. The van der Waals surface area contributed by atoms with Crippen LogP contribution in [-0.4, -0.2) is 66.7 Å². The summed E-state index contributed by atoms with van der Waals surface area (Å²) in [7, 11) is 2.12. The molecular formula is C31H29N3O7S. The van der Waals surface area contributed by atoms with Crippen LogP contribution in [0, 0.1) is 0 Å². The van der Waals surface area contributed by atoms with Crippen LogP contribution in [0.25, 0.3) is 0 Å². The number of benzene rings is 3. The molecule has 2 N–H and O–H groups in total. The lowest BCUT2D eigenvalue weighted by Crippen LogP contribution is -2.47. The number of hydrogen-bond donors (Lipinski definition) is 2. The molecule has 0 saturated carbocycles. The van der Waals surface area contributed by atoms with Gasteiger partial charge in [-0.1, -0.05) is 43.0 Å². The van der Waals surface area contributed by atoms with Crippen molar-refractivity contribution in [3.05, 3.63) is 59.7 Å². The predicted molar refractivity (Wildman–Crippen MR) is 155 cm³/mol. The number of carbonyl (C=O) groups is 3. The molecule has 4 aliphatic rings. The summed E-state index contributed by atoms with van der Waals surface area (Å²) in [5.41, 5.74) is 1.13. The van der Waals surface area contributed by atoms with Crippen LogP contribution in [-0.2, 0) is 14.4 Å². The van der Waals surface area contributed by atoms with E-state index in [1.54, 1.807) is 0 Å². The smallest absolute Gasteiger partial charge is 0.344 e. The molecule has 4 aliphatic heterocycles. The number of anilines is 3. The van der Waals surface area contributed by atoms with Gasteiger partial charge in [-0.2, -0.15) is 0 Å². The number of piperazine rings is 1. The largest absolute Gasteiger partial charge is 0.424 e. The SMILES string of the molecule is CC(c1ccc(N2CCN(C)CC2)cc1)c1c2c3c(c4c1OC(=O)C(O)(CC(=O)O4)CC(=O)O2)Sc1ccccc1N3. The topological polar surface area (TPSA) is 118 Å². The highest BCUT2D eigenvalue weighted by Crippen LogP contribution is 2.60. The van der Waals surface area contributed by atoms with Crippen LogP contribution in [0.2, 0.25) is 0 Å². The molecule has 1 fully saturated rings. The molecule has 3 aromatic carbocycles. The highest BCUT2D eigenvalue weighted by Gasteiger charge is 2.49. The normalized spacial score (nSPS) is 22.3. The average molecular weight is 588 g/mol. The molecule has 11 heteroatoms. The number of esters is 3. The first-order chi connectivity index (χ1) is 20.2. The van der Waals surface area contributed by atoms with E-state index in [1.807, 2.05) is 43.3 Å². The summed E-state index contributed by atoms with van der Waals surface area (Å²) < 4.78 is 17.7. The Kier molecular flexibility index (Phi) is 6.41. The average Bonchev–Trinajstić information content (AvgIpc) is 2.98. The number of aliphatic hydroxyl groups is 1. The van der Waals surface area contributed by atoms with Gasteiger partial charge in [-0.25, -0.2) is 4.79 Å². The number of para-hydroxylation sites is 1. The van der Waals surface area contributed by atoms with Crippen LogP contribution >= 0.6 is 11.8 Å². The van der Waals surface area contributed by atoms with Crippen LogP contribution in [0.15, 0.2) is 58.3 Å². The van der Waals surface area contributed by atoms with Crippen molar-refractivity contribution in [2.45, 2.75) is 41.1 Å². The molecule has 0 spiro atoms. The van der Waals surface area contributed by atoms with Gasteiger partial charge in [0, 0.05) is 42.7 Å². The molecule has 3 bridgehead atoms. The number of ether oxygens (including phenoxy) is 3. The first-order valence-corrected chi connectivity index (χ1v) is 14.7. The Bertz CT molecular complexity index is 1630. The standard InChI is InChI=1S/C31H29N3O7S/c1-17(18-7-9-19(10-8-18)34-13-11-33(2)12-14-34)24-26-25-29(42-21-6-4-3-5-20(21)32-25)28-27(24)41-30(37)31(38,15-22(35)39-26)16-23(36)40-28/h3-10,17,32,38H,11-16H2,1-2H3. The van der Waals surface area contributed by atoms with Crippen LogP contribution in [0.4, 0.5) is 17.1 Å². The Morgan fingerprint density at radius 3 is 2.26 bits per heavy atom. The molecule has 1 saturated heterocycles. The van der Waals surface area contributed by atoms with Crippen molar-refractivity contribution in [1.29, 1.82) is 0 Å². The number of likely N-dealkylation sites (N-methyl/N-ethyl adjacent to an activating group) is 1. The molecule has 3 aromatic rings. The van der Waals surface area contributed by atoms with Gasteiger partial charge in [0.1, 0.15) is 5.69 Å². The molecular weight excluding hydrogens is 558 g/mol. The van der Waals surface area contributed by atoms with Crippen molar-refractivity contribution in [2.24, 2.45) is 0 Å². The van der Waals surface area contributed by atoms with Crippen molar-refractivity contribution in [1.82, 2.24) is 4.90 Å². The number of hydrogen-bond acceptors (Lipinski definition) is 11. The maximum Gasteiger partial charge on any atom is 0.344 e. The van der Waals surface area contributed by atoms with Crippen molar-refractivity contribution in [2.75, 3.05) is 43.4 Å². The first kappa shape index (κ1) is 26.8. The Morgan fingerprint density at radius 1 is 0.881 bits per heavy atom. The molecule has 2 unspecified atom stereocenters. The van der Waals surface area contributed by atoms with Gasteiger partial charge in [0.25, 0.3) is 0 Å². The Hall–Kier alpha value is -4.06. The quantitative estimate of drug-likeness (QED) is 0.267. The second-order valence-electron chi connectivity index (χ2n) is 11.2. The van der Waals surface area contributed by atoms with Gasteiger partial charge in [0.05, 0.1) is 29.0 Å². The van der Waals surface area contributed by atoms with Crippen molar-refractivity contribution in [3.63, 3.8) is 0 Å². The Balaban J connectivity index is 1.40. The van der Waals surface area contributed by atoms with E-state index in [0.29, 0.717) is 16.1 Å². The van der Waals surface area contributed by atoms with E-state index in [4.69, 9.17) is 14.2 Å². The molecule has 0 aromatic heterocycles. The second-order valence-corrected chi connectivity index (χ2v) is 12.2. The fourth-order valence-corrected chi connectivity index (χ4v) is 6.93. The molecule has 2 atom stereocenters. The van der Waals surface area contributed by atoms with Crippen LogP contribution in [0.5, 0.6) is 17.2 Å². The minimum absolute atomic E-state index is 0.0424. The Labute approximate surface area is 246 Å². The Morgan fingerprint density at radius 2 is 1.55 bits per heavy atom. The first-order valence-electron chi connectivity index (χ1n) is 13.9. The van der Waals surface area contributed by atoms with Gasteiger partial charge >= 0.3 is 17.9 Å². The molecule has 0 radical (unpaired) electrons. The lowest BCUT2D eigenvalue weighted by atomic mass is 9.90. The zero-order valence-corrected chi connectivity index (χ0v) is 24.0. The van der Waals surface area contributed by atoms with E-state index in [0.717, 1.165) is 48.0 Å². The summed E-state index contributed by atoms with van der Waals surface area (Å²) in [6, 6.07) is 15.7. The number of rotatable bonds is 3. The van der Waals surface area contributed by atoms with E-state index in [2.05, 4.69) is 34.3 Å². The lowest BCUT2D eigenvalue weighted by molar-refractivity contribution is -0.168. The van der Waals surface area contributed by atoms with Gasteiger partial charge in [-0.3, -0.25) is 9.59 Å². The molecule has 216 valence electrons. The van der Waals surface area contributed by atoms with Crippen molar-refractivity contribution in [3.8, 4) is 17.2 Å². The van der Waals surface area contributed by atoms with Crippen LogP contribution < -0.4 is 24.4 Å². The molecule has 4 heterocycles. The summed E-state index contributed by atoms with van der Waals surface area (Å²) in [6.45, 7) is 5.74. The zero-order chi connectivity index (χ0) is 29.2. The lowest BCUT2D eigenvalue weighted by Gasteiger charge is -2.34. The predicted octanol–water partition coefficient (Wildman–Crippen LogP) is 4.05. The summed E-state index contributed by atoms with van der Waals surface area (Å²) in [5, 5.41) is 14.5. The minimum atomic E-state index is -2.42. The fourth-order valence-electron chi connectivity index (χ4n) is 5.86. The molecule has 7 rings (SSSR count). The van der Waals surface area contributed by atoms with Crippen molar-refractivity contribution >= 4 is 46.7 Å². The fraction of sp³-hybridized carbons (Fsp3) is 0.323. The maximum absolute atomic E-state index is 13.4. The van der Waals surface area contributed by atoms with Gasteiger partial charge in [-0.05, 0) is 36.9 Å². The third-order valence-corrected chi connectivity index (χ3v) is 9.46. The summed E-state index contributed by atoms with van der Waals surface area (Å²) >= 11 is 1.31. The van der Waals surface area contributed by atoms with Crippen LogP contribution in [0.3, 0.4) is 0 Å². The number of fused-ring (bicyclic) bond motifs is 7. The monoisotopic (exact) mass is 587 g/mol. The van der Waals surface area contributed by atoms with Gasteiger partial charge in [0.15, 0.2) is 22.8 Å².